The number of rotatable bonds is 7. The fraction of sp³-hybridized carbons (Fsp3) is 0.0400. The molecule has 3 aromatic rings. The number of hydrogen-bond acceptors (Lipinski definition) is 4. The Morgan fingerprint density at radius 3 is 1.43 bits per heavy atom. The number of aldehydes is 1. The first-order valence-corrected chi connectivity index (χ1v) is 11.1. The minimum atomic E-state index is -2.79. The Labute approximate surface area is 175 Å². The van der Waals surface area contributed by atoms with Gasteiger partial charge in [-0.05, 0) is 28.9 Å². The molecule has 0 aliphatic rings. The first kappa shape index (κ1) is 21.2. The molecule has 0 spiro atoms. The fourth-order valence-electron chi connectivity index (χ4n) is 3.42. The smallest absolute Gasteiger partial charge is 0.330 e. The van der Waals surface area contributed by atoms with E-state index < -0.39 is 18.6 Å². The number of ether oxygens (including phenoxy) is 1. The lowest BCUT2D eigenvalue weighted by Crippen LogP contribution is -2.33. The van der Waals surface area contributed by atoms with Crippen LogP contribution in [0, 0.1) is 0 Å². The standard InChI is InChI=1S/C25H21O4P/c1-29-25(28)18-17-23(27)24(19-26)30(20-11-5-2-6-12-20,21-13-7-3-8-14-21)22-15-9-4-10-16-22/h2-19H,1H3/b18-17+. The van der Waals surface area contributed by atoms with Crippen LogP contribution < -0.4 is 15.9 Å². The summed E-state index contributed by atoms with van der Waals surface area (Å²) in [6, 6.07) is 28.7. The molecule has 5 heteroatoms. The number of allylic oxidation sites excluding steroid dienone is 1. The third-order valence-corrected chi connectivity index (χ3v) is 8.99. The van der Waals surface area contributed by atoms with Gasteiger partial charge < -0.3 is 4.74 Å². The number of carbonyl (C=O) groups excluding carboxylic acids is 3. The zero-order valence-electron chi connectivity index (χ0n) is 16.5. The van der Waals surface area contributed by atoms with Crippen molar-refractivity contribution in [3.05, 3.63) is 103 Å². The average molecular weight is 416 g/mol. The molecule has 0 aliphatic heterocycles. The van der Waals surface area contributed by atoms with Crippen LogP contribution >= 0.6 is 6.89 Å². The van der Waals surface area contributed by atoms with Gasteiger partial charge in [-0.1, -0.05) is 91.0 Å². The quantitative estimate of drug-likeness (QED) is 0.195. The van der Waals surface area contributed by atoms with Crippen LogP contribution in [0.5, 0.6) is 0 Å². The number of hydrogen-bond donors (Lipinski definition) is 0. The van der Waals surface area contributed by atoms with Crippen molar-refractivity contribution in [2.45, 2.75) is 0 Å². The Hall–Kier alpha value is -3.49. The topological polar surface area (TPSA) is 60.4 Å². The molecular formula is C25H21O4P. The van der Waals surface area contributed by atoms with Gasteiger partial charge in [-0.25, -0.2) is 4.79 Å². The van der Waals surface area contributed by atoms with Crippen LogP contribution in [0.15, 0.2) is 103 Å². The first-order valence-electron chi connectivity index (χ1n) is 9.33. The summed E-state index contributed by atoms with van der Waals surface area (Å²) < 4.78 is 4.59. The molecule has 0 N–H and O–H groups in total. The van der Waals surface area contributed by atoms with E-state index in [1.165, 1.54) is 7.11 Å². The van der Waals surface area contributed by atoms with Crippen LogP contribution in [0.25, 0.3) is 0 Å². The van der Waals surface area contributed by atoms with Crippen molar-refractivity contribution in [1.82, 2.24) is 0 Å². The molecule has 0 aliphatic carbocycles. The van der Waals surface area contributed by atoms with Crippen LogP contribution in [-0.4, -0.2) is 30.4 Å². The van der Waals surface area contributed by atoms with E-state index in [-0.39, 0.29) is 5.29 Å². The van der Waals surface area contributed by atoms with Crippen LogP contribution in [0.2, 0.25) is 0 Å². The zero-order chi connectivity index (χ0) is 21.4. The number of esters is 1. The van der Waals surface area contributed by atoms with Crippen LogP contribution in [0.1, 0.15) is 0 Å². The summed E-state index contributed by atoms with van der Waals surface area (Å²) in [5, 5.41) is 2.75. The average Bonchev–Trinajstić information content (AvgIpc) is 2.82. The van der Waals surface area contributed by atoms with Gasteiger partial charge in [-0.3, -0.25) is 9.59 Å². The minimum Gasteiger partial charge on any atom is -0.466 e. The van der Waals surface area contributed by atoms with Gasteiger partial charge in [0.25, 0.3) is 0 Å². The van der Waals surface area contributed by atoms with E-state index in [4.69, 9.17) is 0 Å². The van der Waals surface area contributed by atoms with Gasteiger partial charge in [0.05, 0.1) is 12.4 Å². The molecule has 0 radical (unpaired) electrons. The van der Waals surface area contributed by atoms with E-state index in [1.807, 2.05) is 91.0 Å². The maximum atomic E-state index is 13.2. The van der Waals surface area contributed by atoms with E-state index >= 15 is 0 Å². The van der Waals surface area contributed by atoms with Crippen molar-refractivity contribution in [2.24, 2.45) is 0 Å². The molecule has 0 atom stereocenters. The second-order valence-corrected chi connectivity index (χ2v) is 9.77. The van der Waals surface area contributed by atoms with Crippen molar-refractivity contribution in [2.75, 3.05) is 7.11 Å². The SMILES string of the molecule is COC(=O)/C=C/C(=O)C(C=O)=P(c1ccccc1)(c1ccccc1)c1ccccc1. The maximum Gasteiger partial charge on any atom is 0.330 e. The monoisotopic (exact) mass is 416 g/mol. The van der Waals surface area contributed by atoms with Crippen molar-refractivity contribution in [1.29, 1.82) is 0 Å². The van der Waals surface area contributed by atoms with Crippen LogP contribution in [-0.2, 0) is 19.1 Å². The Kier molecular flexibility index (Phi) is 6.95. The van der Waals surface area contributed by atoms with Gasteiger partial charge in [-0.15, -0.1) is 0 Å². The molecule has 30 heavy (non-hydrogen) atoms. The predicted molar refractivity (Wildman–Crippen MR) is 122 cm³/mol. The molecule has 4 nitrogen and oxygen atoms in total. The maximum absolute atomic E-state index is 13.2. The molecule has 0 unspecified atom stereocenters. The molecule has 0 bridgehead atoms. The van der Waals surface area contributed by atoms with Gasteiger partial charge in [-0.2, -0.15) is 0 Å². The highest BCUT2D eigenvalue weighted by molar-refractivity contribution is 7.97. The van der Waals surface area contributed by atoms with E-state index in [1.54, 1.807) is 0 Å². The highest BCUT2D eigenvalue weighted by Gasteiger charge is 2.32. The second kappa shape index (κ2) is 9.82. The highest BCUT2D eigenvalue weighted by Crippen LogP contribution is 2.46. The Balaban J connectivity index is 2.48. The second-order valence-electron chi connectivity index (χ2n) is 6.40. The summed E-state index contributed by atoms with van der Waals surface area (Å²) in [7, 11) is 1.23. The lowest BCUT2D eigenvalue weighted by molar-refractivity contribution is -0.135. The first-order chi connectivity index (χ1) is 14.6. The lowest BCUT2D eigenvalue weighted by atomic mass is 10.3. The lowest BCUT2D eigenvalue weighted by Gasteiger charge is -2.30. The van der Waals surface area contributed by atoms with Gasteiger partial charge in [0.15, 0.2) is 12.1 Å². The third kappa shape index (κ3) is 4.10. The van der Waals surface area contributed by atoms with Crippen LogP contribution in [0.4, 0.5) is 0 Å². The van der Waals surface area contributed by atoms with Gasteiger partial charge in [0.1, 0.15) is 0 Å². The number of benzene rings is 3. The predicted octanol–water partition coefficient (Wildman–Crippen LogP) is 2.65. The number of methoxy groups -OCH3 is 1. The zero-order valence-corrected chi connectivity index (χ0v) is 17.4. The molecule has 0 saturated carbocycles. The summed E-state index contributed by atoms with van der Waals surface area (Å²) in [5.74, 6) is -1.17. The summed E-state index contributed by atoms with van der Waals surface area (Å²) >= 11 is 0. The molecule has 0 fully saturated rings. The molecule has 0 saturated heterocycles. The molecule has 0 amide bonds. The summed E-state index contributed by atoms with van der Waals surface area (Å²) in [4.78, 5) is 37.2. The van der Waals surface area contributed by atoms with E-state index in [2.05, 4.69) is 4.74 Å². The molecule has 3 rings (SSSR count). The van der Waals surface area contributed by atoms with Crippen molar-refractivity contribution in [3.63, 3.8) is 0 Å². The fourth-order valence-corrected chi connectivity index (χ4v) is 7.57. The molecule has 0 heterocycles. The Bertz CT molecular complexity index is 1010. The van der Waals surface area contributed by atoms with Gasteiger partial charge >= 0.3 is 5.97 Å². The van der Waals surface area contributed by atoms with Gasteiger partial charge in [0, 0.05) is 6.08 Å². The highest BCUT2D eigenvalue weighted by atomic mass is 31.2. The Morgan fingerprint density at radius 1 is 0.700 bits per heavy atom. The van der Waals surface area contributed by atoms with Crippen LogP contribution in [0.3, 0.4) is 0 Å². The summed E-state index contributed by atoms with van der Waals surface area (Å²) in [6.45, 7) is -2.79. The van der Waals surface area contributed by atoms with Crippen molar-refractivity contribution < 1.29 is 19.1 Å². The third-order valence-electron chi connectivity index (χ3n) is 4.73. The Morgan fingerprint density at radius 2 is 1.10 bits per heavy atom. The summed E-state index contributed by atoms with van der Waals surface area (Å²) in [5.41, 5.74) is 0. The van der Waals surface area contributed by atoms with Crippen molar-refractivity contribution >= 4 is 46.1 Å². The number of ketones is 1. The van der Waals surface area contributed by atoms with Crippen molar-refractivity contribution in [3.8, 4) is 0 Å². The molecular weight excluding hydrogens is 395 g/mol. The van der Waals surface area contributed by atoms with E-state index in [0.29, 0.717) is 6.29 Å². The summed E-state index contributed by atoms with van der Waals surface area (Å²) in [6.07, 6.45) is 2.78. The largest absolute Gasteiger partial charge is 0.466 e. The molecule has 0 aromatic heterocycles. The molecule has 3 aromatic carbocycles. The van der Waals surface area contributed by atoms with E-state index in [9.17, 15) is 14.4 Å². The molecule has 150 valence electrons. The van der Waals surface area contributed by atoms with Gasteiger partial charge in [0.2, 0.25) is 0 Å². The number of carbonyl (C=O) groups is 3. The normalized spacial score (nSPS) is 11.1. The minimum absolute atomic E-state index is 0.117. The van der Waals surface area contributed by atoms with E-state index in [0.717, 1.165) is 28.1 Å².